The minimum absolute atomic E-state index is 1.18. The molecule has 1 aliphatic rings. The Labute approximate surface area is 48.9 Å². The first kappa shape index (κ1) is 4.19. The molecule has 1 heteroatoms. The molecule has 0 bridgehead atoms. The van der Waals surface area contributed by atoms with Crippen LogP contribution in [0.3, 0.4) is 0 Å². The van der Waals surface area contributed by atoms with E-state index >= 15 is 0 Å². The van der Waals surface area contributed by atoms with Crippen LogP contribution >= 0.6 is 0 Å². The Morgan fingerprint density at radius 1 is 1.62 bits per heavy atom. The minimum atomic E-state index is 1.18. The van der Waals surface area contributed by atoms with E-state index in [2.05, 4.69) is 16.8 Å². The SMILES string of the molecule is [c]1ccc2n1CCC2. The van der Waals surface area contributed by atoms with Gasteiger partial charge >= 0.3 is 0 Å². The molecule has 0 N–H and O–H groups in total. The molecular weight excluding hydrogens is 98.1 g/mol. The predicted octanol–water partition coefficient (Wildman–Crippen LogP) is 1.23. The first-order valence-electron chi connectivity index (χ1n) is 3.03. The monoisotopic (exact) mass is 106 g/mol. The van der Waals surface area contributed by atoms with E-state index in [0.29, 0.717) is 0 Å². The maximum atomic E-state index is 3.13. The third-order valence-electron chi connectivity index (χ3n) is 1.67. The van der Waals surface area contributed by atoms with E-state index < -0.39 is 0 Å². The second-order valence-electron chi connectivity index (χ2n) is 2.21. The molecule has 0 saturated heterocycles. The van der Waals surface area contributed by atoms with Crippen molar-refractivity contribution >= 4 is 0 Å². The molecule has 1 aliphatic heterocycles. The van der Waals surface area contributed by atoms with E-state index in [1.54, 1.807) is 0 Å². The fraction of sp³-hybridized carbons (Fsp3) is 0.429. The molecule has 0 fully saturated rings. The van der Waals surface area contributed by atoms with Gasteiger partial charge in [0.25, 0.3) is 0 Å². The third kappa shape index (κ3) is 0.414. The van der Waals surface area contributed by atoms with Gasteiger partial charge in [-0.1, -0.05) is 0 Å². The maximum Gasteiger partial charge on any atom is 0.0650 e. The summed E-state index contributed by atoms with van der Waals surface area (Å²) in [4.78, 5) is 0. The van der Waals surface area contributed by atoms with Crippen LogP contribution in [0.25, 0.3) is 0 Å². The lowest BCUT2D eigenvalue weighted by Gasteiger charge is -1.89. The third-order valence-corrected chi connectivity index (χ3v) is 1.67. The second-order valence-corrected chi connectivity index (χ2v) is 2.21. The molecule has 0 unspecified atom stereocenters. The Morgan fingerprint density at radius 3 is 3.50 bits per heavy atom. The molecule has 41 valence electrons. The van der Waals surface area contributed by atoms with Crippen molar-refractivity contribution < 1.29 is 0 Å². The largest absolute Gasteiger partial charge is 0.343 e. The molecule has 0 aromatic carbocycles. The van der Waals surface area contributed by atoms with E-state index in [1.807, 2.05) is 6.07 Å². The Bertz CT molecular complexity index is 170. The molecule has 0 amide bonds. The Morgan fingerprint density at radius 2 is 2.62 bits per heavy atom. The highest BCUT2D eigenvalue weighted by Crippen LogP contribution is 2.12. The van der Waals surface area contributed by atoms with Crippen LogP contribution in [0.15, 0.2) is 12.1 Å². The average Bonchev–Trinajstić information content (AvgIpc) is 2.15. The van der Waals surface area contributed by atoms with Crippen LogP contribution in [-0.2, 0) is 13.0 Å². The van der Waals surface area contributed by atoms with Gasteiger partial charge in [-0.25, -0.2) is 0 Å². The molecule has 0 saturated carbocycles. The summed E-state index contributed by atoms with van der Waals surface area (Å²) in [7, 11) is 0. The van der Waals surface area contributed by atoms with Gasteiger partial charge in [0.05, 0.1) is 6.20 Å². The summed E-state index contributed by atoms with van der Waals surface area (Å²) >= 11 is 0. The zero-order valence-electron chi connectivity index (χ0n) is 4.72. The molecule has 0 spiro atoms. The standard InChI is InChI=1S/C7H8N/c1-3-7-4-2-6-8(7)5-1/h1,3H,2,4,6H2. The summed E-state index contributed by atoms with van der Waals surface area (Å²) in [6, 6.07) is 4.14. The van der Waals surface area contributed by atoms with Crippen LogP contribution < -0.4 is 0 Å². The van der Waals surface area contributed by atoms with E-state index in [1.165, 1.54) is 25.1 Å². The van der Waals surface area contributed by atoms with Gasteiger partial charge in [0.15, 0.2) is 0 Å². The number of aromatic nitrogens is 1. The van der Waals surface area contributed by atoms with E-state index in [0.717, 1.165) is 0 Å². The van der Waals surface area contributed by atoms with Crippen LogP contribution in [-0.4, -0.2) is 4.57 Å². The lowest BCUT2D eigenvalue weighted by molar-refractivity contribution is 0.745. The summed E-state index contributed by atoms with van der Waals surface area (Å²) in [6.45, 7) is 1.18. The van der Waals surface area contributed by atoms with Crippen molar-refractivity contribution in [2.75, 3.05) is 0 Å². The van der Waals surface area contributed by atoms with E-state index in [4.69, 9.17) is 0 Å². The van der Waals surface area contributed by atoms with Crippen molar-refractivity contribution in [3.63, 3.8) is 0 Å². The highest BCUT2D eigenvalue weighted by Gasteiger charge is 2.06. The summed E-state index contributed by atoms with van der Waals surface area (Å²) < 4.78 is 2.19. The lowest BCUT2D eigenvalue weighted by Crippen LogP contribution is -1.86. The fourth-order valence-corrected chi connectivity index (χ4v) is 1.24. The zero-order chi connectivity index (χ0) is 5.40. The van der Waals surface area contributed by atoms with Crippen molar-refractivity contribution in [1.82, 2.24) is 4.57 Å². The molecule has 1 aromatic rings. The number of fused-ring (bicyclic) bond motifs is 1. The first-order valence-corrected chi connectivity index (χ1v) is 3.03. The molecule has 1 radical (unpaired) electrons. The summed E-state index contributed by atoms with van der Waals surface area (Å²) in [5, 5.41) is 0. The maximum absolute atomic E-state index is 3.13. The van der Waals surface area contributed by atoms with Crippen molar-refractivity contribution in [2.24, 2.45) is 0 Å². The summed E-state index contributed by atoms with van der Waals surface area (Å²) in [5.41, 5.74) is 1.45. The number of aryl methyl sites for hydroxylation is 2. The Balaban J connectivity index is 2.54. The highest BCUT2D eigenvalue weighted by atomic mass is 15.0. The number of hydrogen-bond donors (Lipinski definition) is 0. The normalized spacial score (nSPS) is 16.5. The van der Waals surface area contributed by atoms with Crippen LogP contribution in [0.5, 0.6) is 0 Å². The average molecular weight is 106 g/mol. The molecule has 8 heavy (non-hydrogen) atoms. The van der Waals surface area contributed by atoms with Crippen molar-refractivity contribution in [3.05, 3.63) is 24.0 Å². The van der Waals surface area contributed by atoms with Gasteiger partial charge in [0.1, 0.15) is 0 Å². The Hall–Kier alpha value is -0.720. The molecule has 1 aromatic heterocycles. The van der Waals surface area contributed by atoms with Gasteiger partial charge in [-0.3, -0.25) is 0 Å². The molecule has 2 heterocycles. The summed E-state index contributed by atoms with van der Waals surface area (Å²) in [6.07, 6.45) is 5.70. The van der Waals surface area contributed by atoms with Crippen LogP contribution in [0.4, 0.5) is 0 Å². The fourth-order valence-electron chi connectivity index (χ4n) is 1.24. The molecular formula is C7H8N. The Kier molecular flexibility index (Phi) is 0.720. The van der Waals surface area contributed by atoms with Gasteiger partial charge in [-0.15, -0.1) is 0 Å². The van der Waals surface area contributed by atoms with Crippen molar-refractivity contribution in [1.29, 1.82) is 0 Å². The van der Waals surface area contributed by atoms with Crippen LogP contribution in [0.2, 0.25) is 0 Å². The van der Waals surface area contributed by atoms with Crippen molar-refractivity contribution in [3.8, 4) is 0 Å². The molecule has 2 rings (SSSR count). The number of hydrogen-bond acceptors (Lipinski definition) is 0. The van der Waals surface area contributed by atoms with E-state index in [9.17, 15) is 0 Å². The summed E-state index contributed by atoms with van der Waals surface area (Å²) in [5.74, 6) is 0. The molecule has 0 aliphatic carbocycles. The smallest absolute Gasteiger partial charge is 0.0650 e. The molecule has 1 nitrogen and oxygen atoms in total. The van der Waals surface area contributed by atoms with Crippen molar-refractivity contribution in [2.45, 2.75) is 19.4 Å². The second kappa shape index (κ2) is 1.38. The van der Waals surface area contributed by atoms with Gasteiger partial charge in [-0.2, -0.15) is 0 Å². The molecule has 0 atom stereocenters. The minimum Gasteiger partial charge on any atom is -0.343 e. The topological polar surface area (TPSA) is 4.93 Å². The van der Waals surface area contributed by atoms with Crippen LogP contribution in [0.1, 0.15) is 12.1 Å². The first-order chi connectivity index (χ1) is 3.97. The number of nitrogens with zero attached hydrogens (tertiary/aromatic N) is 1. The van der Waals surface area contributed by atoms with Gasteiger partial charge in [-0.05, 0) is 25.0 Å². The zero-order valence-corrected chi connectivity index (χ0v) is 4.72. The van der Waals surface area contributed by atoms with Gasteiger partial charge in [0.2, 0.25) is 0 Å². The predicted molar refractivity (Wildman–Crippen MR) is 31.6 cm³/mol. The van der Waals surface area contributed by atoms with Gasteiger partial charge < -0.3 is 4.57 Å². The van der Waals surface area contributed by atoms with Crippen LogP contribution in [0, 0.1) is 6.20 Å². The highest BCUT2D eigenvalue weighted by molar-refractivity contribution is 5.08. The van der Waals surface area contributed by atoms with E-state index in [-0.39, 0.29) is 0 Å². The van der Waals surface area contributed by atoms with Gasteiger partial charge in [0, 0.05) is 12.2 Å². The quantitative estimate of drug-likeness (QED) is 0.469. The lowest BCUT2D eigenvalue weighted by atomic mass is 10.3. The number of rotatable bonds is 0.